The van der Waals surface area contributed by atoms with Crippen LogP contribution in [-0.4, -0.2) is 35.0 Å². The van der Waals surface area contributed by atoms with Gasteiger partial charge in [-0.25, -0.2) is 4.79 Å². The zero-order valence-electron chi connectivity index (χ0n) is 22.0. The average Bonchev–Trinajstić information content (AvgIpc) is 2.87. The van der Waals surface area contributed by atoms with E-state index < -0.39 is 23.2 Å². The summed E-state index contributed by atoms with van der Waals surface area (Å²) in [5.74, 6) is -0.196. The molecule has 0 aromatic heterocycles. The number of rotatable bonds is 6. The Bertz CT molecular complexity index is 1470. The van der Waals surface area contributed by atoms with Crippen molar-refractivity contribution in [2.45, 2.75) is 64.7 Å². The maximum absolute atomic E-state index is 12.8. The van der Waals surface area contributed by atoms with Crippen LogP contribution in [0.1, 0.15) is 68.9 Å². The molecule has 1 fully saturated rings. The van der Waals surface area contributed by atoms with E-state index in [0.29, 0.717) is 24.2 Å². The number of carboxylic acid groups (broad SMARTS) is 1. The van der Waals surface area contributed by atoms with Gasteiger partial charge in [-0.3, -0.25) is 4.99 Å². The average molecular weight is 497 g/mol. The number of aliphatic imine (C=N–C) groups is 1. The molecule has 2 aromatic rings. The van der Waals surface area contributed by atoms with Crippen molar-refractivity contribution in [3.63, 3.8) is 0 Å². The third-order valence-electron chi connectivity index (χ3n) is 8.03. The molecule has 1 N–H and O–H groups in total. The summed E-state index contributed by atoms with van der Waals surface area (Å²) in [7, 11) is 0. The minimum absolute atomic E-state index is 0.0516. The number of fused-ring (bicyclic) bond motifs is 1. The van der Waals surface area contributed by atoms with Crippen LogP contribution in [-0.2, 0) is 14.3 Å². The predicted octanol–water partition coefficient (Wildman–Crippen LogP) is 6.44. The molecule has 37 heavy (non-hydrogen) atoms. The molecule has 2 aromatic carbocycles. The van der Waals surface area contributed by atoms with Crippen LogP contribution in [0, 0.1) is 24.2 Å². The number of carboxylic acids is 1. The lowest BCUT2D eigenvalue weighted by Crippen LogP contribution is -2.43. The molecule has 190 valence electrons. The van der Waals surface area contributed by atoms with E-state index in [4.69, 9.17) is 14.5 Å². The highest BCUT2D eigenvalue weighted by Gasteiger charge is 2.48. The summed E-state index contributed by atoms with van der Waals surface area (Å²) in [4.78, 5) is 17.8. The fourth-order valence-electron chi connectivity index (χ4n) is 5.81. The van der Waals surface area contributed by atoms with Crippen molar-refractivity contribution in [1.29, 1.82) is 5.26 Å². The quantitative estimate of drug-likeness (QED) is 0.497. The normalized spacial score (nSPS) is 23.2. The van der Waals surface area contributed by atoms with Gasteiger partial charge in [0.2, 0.25) is 0 Å². The van der Waals surface area contributed by atoms with Gasteiger partial charge in [-0.2, -0.15) is 5.26 Å². The van der Waals surface area contributed by atoms with E-state index in [1.807, 2.05) is 64.3 Å². The van der Waals surface area contributed by atoms with Gasteiger partial charge in [0.25, 0.3) is 0 Å². The van der Waals surface area contributed by atoms with Crippen molar-refractivity contribution in [2.75, 3.05) is 6.61 Å². The van der Waals surface area contributed by atoms with E-state index >= 15 is 0 Å². The van der Waals surface area contributed by atoms with Crippen molar-refractivity contribution >= 4 is 28.5 Å². The number of dihydropyridines is 1. The molecule has 3 unspecified atom stereocenters. The zero-order valence-corrected chi connectivity index (χ0v) is 22.0. The third-order valence-corrected chi connectivity index (χ3v) is 8.03. The van der Waals surface area contributed by atoms with Gasteiger partial charge in [0, 0.05) is 18.2 Å². The van der Waals surface area contributed by atoms with Gasteiger partial charge in [0.05, 0.1) is 35.3 Å². The molecule has 0 radical (unpaired) electrons. The largest absolute Gasteiger partial charge is 0.497 e. The number of aryl methyl sites for hydroxylation is 1. The number of benzene rings is 2. The summed E-state index contributed by atoms with van der Waals surface area (Å²) in [6, 6.07) is 9.73. The SMILES string of the molecule is CCC(C)(C)OC(C(=O)O)c1c(C)cc2cc(C#N)ccc2c1C1=CC=C2OCCC3=CC=NC1(C)C32. The van der Waals surface area contributed by atoms with Crippen LogP contribution in [0.3, 0.4) is 0 Å². The molecular weight excluding hydrogens is 464 g/mol. The lowest BCUT2D eigenvalue weighted by Gasteiger charge is -2.45. The Morgan fingerprint density at radius 2 is 2.11 bits per heavy atom. The topological polar surface area (TPSA) is 91.9 Å². The number of aliphatic carboxylic acids is 1. The second kappa shape index (κ2) is 9.00. The minimum atomic E-state index is -1.18. The molecule has 2 heterocycles. The Morgan fingerprint density at radius 1 is 1.32 bits per heavy atom. The first kappa shape index (κ1) is 25.0. The maximum Gasteiger partial charge on any atom is 0.337 e. The minimum Gasteiger partial charge on any atom is -0.497 e. The predicted molar refractivity (Wildman–Crippen MR) is 144 cm³/mol. The second-order valence-electron chi connectivity index (χ2n) is 10.8. The molecule has 5 rings (SSSR count). The molecule has 1 saturated heterocycles. The van der Waals surface area contributed by atoms with Crippen molar-refractivity contribution in [2.24, 2.45) is 10.9 Å². The van der Waals surface area contributed by atoms with Crippen molar-refractivity contribution < 1.29 is 19.4 Å². The van der Waals surface area contributed by atoms with Crippen LogP contribution in [0.15, 0.2) is 58.8 Å². The second-order valence-corrected chi connectivity index (χ2v) is 10.8. The smallest absolute Gasteiger partial charge is 0.337 e. The third kappa shape index (κ3) is 4.08. The van der Waals surface area contributed by atoms with Gasteiger partial charge in [-0.15, -0.1) is 0 Å². The number of carbonyl (C=O) groups is 1. The van der Waals surface area contributed by atoms with E-state index in [1.165, 1.54) is 5.57 Å². The van der Waals surface area contributed by atoms with Crippen molar-refractivity contribution in [1.82, 2.24) is 0 Å². The zero-order chi connectivity index (χ0) is 26.5. The van der Waals surface area contributed by atoms with E-state index in [-0.39, 0.29) is 5.92 Å². The standard InChI is InChI=1S/C31H32N2O4/c1-6-30(3,4)37-28(29(34)35)25-18(2)15-21-16-19(17-32)7-8-22(21)26(25)23-9-10-24-27-20(12-14-36-24)11-13-33-31(23,27)5/h7-11,13,15-16,27-28H,6,12,14H2,1-5H3,(H,34,35). The van der Waals surface area contributed by atoms with E-state index in [9.17, 15) is 15.2 Å². The van der Waals surface area contributed by atoms with Crippen LogP contribution in [0.25, 0.3) is 16.3 Å². The van der Waals surface area contributed by atoms with Crippen LogP contribution in [0.2, 0.25) is 0 Å². The molecule has 1 aliphatic carbocycles. The number of nitrogens with zero attached hydrogens (tertiary/aromatic N) is 2. The Balaban J connectivity index is 1.84. The number of hydrogen-bond acceptors (Lipinski definition) is 5. The van der Waals surface area contributed by atoms with E-state index in [2.05, 4.69) is 19.1 Å². The number of nitriles is 1. The Kier molecular flexibility index (Phi) is 6.08. The monoisotopic (exact) mass is 496 g/mol. The fourth-order valence-corrected chi connectivity index (χ4v) is 5.81. The summed E-state index contributed by atoms with van der Waals surface area (Å²) in [6.45, 7) is 10.5. The first-order valence-electron chi connectivity index (χ1n) is 12.8. The van der Waals surface area contributed by atoms with Gasteiger partial charge in [-0.1, -0.05) is 30.7 Å². The Morgan fingerprint density at radius 3 is 2.81 bits per heavy atom. The molecule has 0 amide bonds. The highest BCUT2D eigenvalue weighted by atomic mass is 16.5. The molecule has 0 saturated carbocycles. The summed E-state index contributed by atoms with van der Waals surface area (Å²) in [5.41, 5.74) is 3.65. The Hall–Kier alpha value is -3.69. The maximum atomic E-state index is 12.8. The lowest BCUT2D eigenvalue weighted by atomic mass is 9.66. The van der Waals surface area contributed by atoms with Crippen LogP contribution >= 0.6 is 0 Å². The van der Waals surface area contributed by atoms with Crippen molar-refractivity contribution in [3.05, 3.63) is 76.1 Å². The van der Waals surface area contributed by atoms with Crippen LogP contribution in [0.4, 0.5) is 0 Å². The fraction of sp³-hybridized carbons (Fsp3) is 0.387. The first-order valence-corrected chi connectivity index (χ1v) is 12.8. The molecule has 0 bridgehead atoms. The summed E-state index contributed by atoms with van der Waals surface area (Å²) < 4.78 is 12.4. The number of ether oxygens (including phenoxy) is 2. The summed E-state index contributed by atoms with van der Waals surface area (Å²) in [6.07, 6.45) is 8.29. The Labute approximate surface area is 217 Å². The molecule has 2 aliphatic heterocycles. The van der Waals surface area contributed by atoms with Gasteiger partial charge in [0.15, 0.2) is 6.10 Å². The summed E-state index contributed by atoms with van der Waals surface area (Å²) in [5, 5.41) is 21.7. The highest BCUT2D eigenvalue weighted by Crippen LogP contribution is 2.53. The van der Waals surface area contributed by atoms with E-state index in [1.54, 1.807) is 6.07 Å². The van der Waals surface area contributed by atoms with Crippen LogP contribution < -0.4 is 0 Å². The lowest BCUT2D eigenvalue weighted by molar-refractivity contribution is -0.162. The van der Waals surface area contributed by atoms with E-state index in [0.717, 1.165) is 39.7 Å². The molecule has 6 nitrogen and oxygen atoms in total. The molecule has 3 atom stereocenters. The molecule has 3 aliphatic rings. The van der Waals surface area contributed by atoms with Gasteiger partial charge in [0.1, 0.15) is 5.76 Å². The van der Waals surface area contributed by atoms with Gasteiger partial charge < -0.3 is 14.6 Å². The first-order chi connectivity index (χ1) is 17.6. The molecule has 6 heteroatoms. The van der Waals surface area contributed by atoms with Crippen molar-refractivity contribution in [3.8, 4) is 6.07 Å². The van der Waals surface area contributed by atoms with Gasteiger partial charge in [-0.05, 0) is 85.9 Å². The van der Waals surface area contributed by atoms with Crippen LogP contribution in [0.5, 0.6) is 0 Å². The highest BCUT2D eigenvalue weighted by molar-refractivity contribution is 6.01. The number of allylic oxidation sites excluding steroid dienone is 3. The number of hydrogen-bond donors (Lipinski definition) is 1. The summed E-state index contributed by atoms with van der Waals surface area (Å²) >= 11 is 0. The van der Waals surface area contributed by atoms with Gasteiger partial charge >= 0.3 is 5.97 Å². The molecule has 0 spiro atoms. The molecular formula is C31H32N2O4.